The van der Waals surface area contributed by atoms with E-state index in [0.29, 0.717) is 48.5 Å². The Morgan fingerprint density at radius 3 is 2.12 bits per heavy atom. The van der Waals surface area contributed by atoms with Gasteiger partial charge in [0.2, 0.25) is 5.95 Å². The molecule has 1 fully saturated rings. The first-order valence-electron chi connectivity index (χ1n) is 15.1. The number of urea groups is 1. The van der Waals surface area contributed by atoms with Gasteiger partial charge in [-0.15, -0.1) is 0 Å². The summed E-state index contributed by atoms with van der Waals surface area (Å²) in [5.74, 6) is -0.983. The van der Waals surface area contributed by atoms with Crippen LogP contribution in [0.4, 0.5) is 10.7 Å². The number of rotatable bonds is 10. The van der Waals surface area contributed by atoms with Crippen molar-refractivity contribution in [2.45, 2.75) is 4.90 Å². The lowest BCUT2D eigenvalue weighted by Gasteiger charge is -2.26. The molecule has 1 aromatic heterocycles. The fourth-order valence-corrected chi connectivity index (χ4v) is 5.50. The summed E-state index contributed by atoms with van der Waals surface area (Å²) in [5, 5.41) is 13.8. The number of aromatic carboxylic acids is 1. The number of H-pyrrole nitrogens is 1. The Labute approximate surface area is 281 Å². The van der Waals surface area contributed by atoms with Crippen molar-refractivity contribution in [3.63, 3.8) is 0 Å². The summed E-state index contributed by atoms with van der Waals surface area (Å²) >= 11 is 0. The standard InChI is InChI=1S/C27H27N5O7S.C7H6O2/c33-25(19-4-2-1-3-5-19)38-20-6-9-22(10-7-20)40(35,36)39-21-8-11-23-24(18-21)30-26(29-23)31-27(34)28-12-13-32-14-16-37-17-15-32;8-7(9)6-4-2-1-3-5-6/h1-11,18H,12-17H2,(H3,28,29,30,31,34);1-5H,(H,8,9). The highest BCUT2D eigenvalue weighted by Gasteiger charge is 2.19. The molecular weight excluding hydrogens is 654 g/mol. The minimum atomic E-state index is -4.18. The van der Waals surface area contributed by atoms with Crippen molar-refractivity contribution in [2.75, 3.05) is 44.7 Å². The molecule has 0 saturated carbocycles. The zero-order valence-corrected chi connectivity index (χ0v) is 26.9. The lowest BCUT2D eigenvalue weighted by molar-refractivity contribution is 0.0388. The first-order chi connectivity index (χ1) is 23.7. The molecule has 4 aromatic carbocycles. The minimum Gasteiger partial charge on any atom is -0.478 e. The number of hydrogen-bond acceptors (Lipinski definition) is 10. The molecule has 49 heavy (non-hydrogen) atoms. The number of esters is 1. The Kier molecular flexibility index (Phi) is 11.5. The van der Waals surface area contributed by atoms with E-state index >= 15 is 0 Å². The molecular formula is C34H33N5O9S. The van der Waals surface area contributed by atoms with Gasteiger partial charge in [-0.05, 0) is 60.7 Å². The molecule has 2 heterocycles. The number of fused-ring (bicyclic) bond motifs is 1. The number of nitrogens with zero attached hydrogens (tertiary/aromatic N) is 2. The molecule has 5 aromatic rings. The van der Waals surface area contributed by atoms with Gasteiger partial charge in [0.15, 0.2) is 0 Å². The maximum absolute atomic E-state index is 12.8. The van der Waals surface area contributed by atoms with Crippen LogP contribution >= 0.6 is 0 Å². The van der Waals surface area contributed by atoms with Crippen LogP contribution in [0.25, 0.3) is 11.0 Å². The van der Waals surface area contributed by atoms with Crippen molar-refractivity contribution in [1.29, 1.82) is 0 Å². The number of nitrogens with one attached hydrogen (secondary N) is 3. The number of carboxylic acid groups (broad SMARTS) is 1. The summed E-state index contributed by atoms with van der Waals surface area (Å²) < 4.78 is 41.5. The Hall–Kier alpha value is -5.77. The third kappa shape index (κ3) is 10.1. The van der Waals surface area contributed by atoms with Crippen molar-refractivity contribution in [3.05, 3.63) is 114 Å². The van der Waals surface area contributed by atoms with Crippen LogP contribution in [0.5, 0.6) is 11.5 Å². The highest BCUT2D eigenvalue weighted by Crippen LogP contribution is 2.25. The predicted octanol–water partition coefficient (Wildman–Crippen LogP) is 4.39. The van der Waals surface area contributed by atoms with Crippen molar-refractivity contribution in [2.24, 2.45) is 0 Å². The van der Waals surface area contributed by atoms with Crippen LogP contribution in [-0.2, 0) is 14.9 Å². The first kappa shape index (κ1) is 34.6. The molecule has 1 aliphatic rings. The van der Waals surface area contributed by atoms with E-state index in [0.717, 1.165) is 13.1 Å². The monoisotopic (exact) mass is 687 g/mol. The number of aromatic nitrogens is 2. The molecule has 0 aliphatic carbocycles. The van der Waals surface area contributed by atoms with E-state index in [-0.39, 0.29) is 22.3 Å². The predicted molar refractivity (Wildman–Crippen MR) is 179 cm³/mol. The number of ether oxygens (including phenoxy) is 2. The second-order valence-corrected chi connectivity index (χ2v) is 12.1. The van der Waals surface area contributed by atoms with E-state index in [1.165, 1.54) is 36.4 Å². The summed E-state index contributed by atoms with van der Waals surface area (Å²) in [5.41, 5.74) is 1.69. The van der Waals surface area contributed by atoms with E-state index in [1.54, 1.807) is 66.7 Å². The minimum absolute atomic E-state index is 0.0530. The quantitative estimate of drug-likeness (QED) is 0.0926. The van der Waals surface area contributed by atoms with Crippen LogP contribution in [-0.4, -0.2) is 85.8 Å². The summed E-state index contributed by atoms with van der Waals surface area (Å²) in [4.78, 5) is 44.0. The normalized spacial score (nSPS) is 13.1. The molecule has 14 nitrogen and oxygen atoms in total. The topological polar surface area (TPSA) is 189 Å². The number of imidazole rings is 1. The van der Waals surface area contributed by atoms with Crippen LogP contribution in [0.2, 0.25) is 0 Å². The number of anilines is 1. The Morgan fingerprint density at radius 1 is 0.857 bits per heavy atom. The molecule has 2 amide bonds. The third-order valence-electron chi connectivity index (χ3n) is 7.06. The summed E-state index contributed by atoms with van der Waals surface area (Å²) in [6.07, 6.45) is 0. The van der Waals surface area contributed by atoms with Crippen molar-refractivity contribution < 1.29 is 41.6 Å². The van der Waals surface area contributed by atoms with Crippen molar-refractivity contribution in [3.8, 4) is 11.5 Å². The number of benzene rings is 4. The lowest BCUT2D eigenvalue weighted by Crippen LogP contribution is -2.42. The fourth-order valence-electron chi connectivity index (χ4n) is 4.57. The van der Waals surface area contributed by atoms with Crippen molar-refractivity contribution >= 4 is 45.1 Å². The SMILES string of the molecule is O=C(NCCN1CCOCC1)Nc1nc2ccc(OS(=O)(=O)c3ccc(OC(=O)c4ccccc4)cc3)cc2[nH]1.O=C(O)c1ccccc1. The Bertz CT molecular complexity index is 1980. The largest absolute Gasteiger partial charge is 0.478 e. The highest BCUT2D eigenvalue weighted by atomic mass is 32.2. The van der Waals surface area contributed by atoms with Gasteiger partial charge in [-0.3, -0.25) is 10.2 Å². The van der Waals surface area contributed by atoms with Gasteiger partial charge >= 0.3 is 28.1 Å². The smallest absolute Gasteiger partial charge is 0.343 e. The average molecular weight is 688 g/mol. The highest BCUT2D eigenvalue weighted by molar-refractivity contribution is 7.87. The molecule has 0 bridgehead atoms. The van der Waals surface area contributed by atoms with E-state index in [1.807, 2.05) is 0 Å². The van der Waals surface area contributed by atoms with Crippen LogP contribution in [0.3, 0.4) is 0 Å². The molecule has 254 valence electrons. The zero-order valence-electron chi connectivity index (χ0n) is 26.1. The molecule has 15 heteroatoms. The second-order valence-electron chi connectivity index (χ2n) is 10.5. The van der Waals surface area contributed by atoms with E-state index in [2.05, 4.69) is 25.5 Å². The number of carbonyl (C=O) groups excluding carboxylic acids is 2. The molecule has 0 unspecified atom stereocenters. The van der Waals surface area contributed by atoms with Crippen LogP contribution in [0.1, 0.15) is 20.7 Å². The number of hydrogen-bond donors (Lipinski definition) is 4. The second kappa shape index (κ2) is 16.4. The number of carboxylic acids is 1. The number of amides is 2. The Balaban J connectivity index is 0.000000452. The molecule has 0 radical (unpaired) electrons. The zero-order chi connectivity index (χ0) is 34.6. The molecule has 1 aliphatic heterocycles. The van der Waals surface area contributed by atoms with Gasteiger partial charge in [-0.2, -0.15) is 8.42 Å². The van der Waals surface area contributed by atoms with Crippen molar-refractivity contribution in [1.82, 2.24) is 20.2 Å². The van der Waals surface area contributed by atoms with Gasteiger partial charge in [0.25, 0.3) is 0 Å². The maximum atomic E-state index is 12.8. The van der Waals surface area contributed by atoms with E-state index in [9.17, 15) is 22.8 Å². The molecule has 0 spiro atoms. The summed E-state index contributed by atoms with van der Waals surface area (Å²) in [7, 11) is -4.18. The first-order valence-corrected chi connectivity index (χ1v) is 16.5. The van der Waals surface area contributed by atoms with Gasteiger partial charge in [0.1, 0.15) is 16.4 Å². The molecule has 6 rings (SSSR count). The summed E-state index contributed by atoms with van der Waals surface area (Å²) in [6, 6.07) is 26.2. The molecule has 0 atom stereocenters. The van der Waals surface area contributed by atoms with Crippen LogP contribution < -0.4 is 19.6 Å². The number of aromatic amines is 1. The van der Waals surface area contributed by atoms with E-state index < -0.39 is 28.1 Å². The van der Waals surface area contributed by atoms with E-state index in [4.69, 9.17) is 18.8 Å². The Morgan fingerprint density at radius 2 is 1.49 bits per heavy atom. The van der Waals surface area contributed by atoms with Gasteiger partial charge < -0.3 is 29.1 Å². The van der Waals surface area contributed by atoms with Gasteiger partial charge in [0, 0.05) is 32.2 Å². The number of morpholine rings is 1. The van der Waals surface area contributed by atoms with Gasteiger partial charge in [0.05, 0.1) is 35.4 Å². The third-order valence-corrected chi connectivity index (χ3v) is 8.32. The fraction of sp³-hybridized carbons (Fsp3) is 0.176. The lowest BCUT2D eigenvalue weighted by atomic mass is 10.2. The maximum Gasteiger partial charge on any atom is 0.343 e. The van der Waals surface area contributed by atoms with Crippen LogP contribution in [0.15, 0.2) is 108 Å². The number of carbonyl (C=O) groups is 3. The molecule has 4 N–H and O–H groups in total. The van der Waals surface area contributed by atoms with Crippen LogP contribution in [0, 0.1) is 0 Å². The van der Waals surface area contributed by atoms with Gasteiger partial charge in [-0.25, -0.2) is 19.4 Å². The summed E-state index contributed by atoms with van der Waals surface area (Å²) in [6.45, 7) is 4.24. The average Bonchev–Trinajstić information content (AvgIpc) is 3.51. The van der Waals surface area contributed by atoms with Gasteiger partial charge in [-0.1, -0.05) is 36.4 Å². The molecule has 1 saturated heterocycles.